The lowest BCUT2D eigenvalue weighted by atomic mass is 9.98. The third-order valence-electron chi connectivity index (χ3n) is 5.73. The highest BCUT2D eigenvalue weighted by molar-refractivity contribution is 8.00. The Hall–Kier alpha value is -4.35. The van der Waals surface area contributed by atoms with Gasteiger partial charge in [-0.25, -0.2) is 4.98 Å². The van der Waals surface area contributed by atoms with Gasteiger partial charge >= 0.3 is 0 Å². The number of rotatable bonds is 9. The fourth-order valence-corrected chi connectivity index (χ4v) is 4.93. The number of benzene rings is 2. The molecule has 0 aliphatic carbocycles. The molecule has 7 nitrogen and oxygen atoms in total. The topological polar surface area (TPSA) is 97.1 Å². The molecule has 37 heavy (non-hydrogen) atoms. The largest absolute Gasteiger partial charge is 0.493 e. The Balaban J connectivity index is 1.84. The second kappa shape index (κ2) is 12.1. The average molecular weight is 511 g/mol. The molecule has 186 valence electrons. The van der Waals surface area contributed by atoms with Crippen LogP contribution in [0.5, 0.6) is 11.5 Å². The number of nitrogens with zero attached hydrogens (tertiary/aromatic N) is 3. The maximum absolute atomic E-state index is 13.1. The van der Waals surface area contributed by atoms with E-state index in [1.165, 1.54) is 11.8 Å². The predicted molar refractivity (Wildman–Crippen MR) is 146 cm³/mol. The number of amides is 1. The van der Waals surface area contributed by atoms with Gasteiger partial charge in [0.2, 0.25) is 5.91 Å². The highest BCUT2D eigenvalue weighted by Crippen LogP contribution is 2.43. The van der Waals surface area contributed by atoms with Crippen LogP contribution in [0.2, 0.25) is 0 Å². The van der Waals surface area contributed by atoms with E-state index in [2.05, 4.69) is 16.4 Å². The molecule has 1 unspecified atom stereocenters. The molecule has 1 atom stereocenters. The number of thioether (sulfide) groups is 1. The average Bonchev–Trinajstić information content (AvgIpc) is 2.95. The molecule has 4 aromatic rings. The number of carbonyl (C=O) groups excluding carboxylic acids is 1. The van der Waals surface area contributed by atoms with Crippen LogP contribution in [0.3, 0.4) is 0 Å². The first-order valence-electron chi connectivity index (χ1n) is 11.7. The Morgan fingerprint density at radius 3 is 2.43 bits per heavy atom. The lowest BCUT2D eigenvalue weighted by molar-refractivity contribution is -0.115. The smallest absolute Gasteiger partial charge is 0.237 e. The molecule has 4 rings (SSSR count). The molecule has 0 saturated carbocycles. The van der Waals surface area contributed by atoms with E-state index in [1.54, 1.807) is 44.8 Å². The monoisotopic (exact) mass is 510 g/mol. The molecule has 0 radical (unpaired) electrons. The summed E-state index contributed by atoms with van der Waals surface area (Å²) >= 11 is 1.27. The molecule has 0 saturated heterocycles. The number of nitriles is 1. The number of methoxy groups -OCH3 is 2. The van der Waals surface area contributed by atoms with Crippen molar-refractivity contribution in [1.29, 1.82) is 5.26 Å². The quantitative estimate of drug-likeness (QED) is 0.267. The van der Waals surface area contributed by atoms with E-state index in [4.69, 9.17) is 14.5 Å². The SMILES string of the molecule is CCC(Sc1nc(-c2ccccc2)cc(-c2cccc(OC)c2OC)c1C#N)C(=O)Nc1ccncc1. The number of anilines is 1. The van der Waals surface area contributed by atoms with Crippen molar-refractivity contribution in [2.24, 2.45) is 0 Å². The lowest BCUT2D eigenvalue weighted by Crippen LogP contribution is -2.24. The number of nitrogens with one attached hydrogen (secondary N) is 1. The first kappa shape index (κ1) is 25.7. The Morgan fingerprint density at radius 1 is 1.03 bits per heavy atom. The minimum absolute atomic E-state index is 0.171. The van der Waals surface area contributed by atoms with Crippen molar-refractivity contribution in [3.05, 3.63) is 84.7 Å². The number of pyridine rings is 2. The summed E-state index contributed by atoms with van der Waals surface area (Å²) in [4.78, 5) is 22.0. The van der Waals surface area contributed by atoms with Gasteiger partial charge in [0.15, 0.2) is 11.5 Å². The highest BCUT2D eigenvalue weighted by atomic mass is 32.2. The third-order valence-corrected chi connectivity index (χ3v) is 7.08. The van der Waals surface area contributed by atoms with E-state index in [-0.39, 0.29) is 5.91 Å². The number of ether oxygens (including phenoxy) is 2. The van der Waals surface area contributed by atoms with Gasteiger partial charge in [0.05, 0.1) is 30.7 Å². The number of carbonyl (C=O) groups is 1. The van der Waals surface area contributed by atoms with Gasteiger partial charge in [0.25, 0.3) is 0 Å². The summed E-state index contributed by atoms with van der Waals surface area (Å²) in [5.41, 5.74) is 3.96. The molecule has 2 heterocycles. The van der Waals surface area contributed by atoms with Crippen LogP contribution in [-0.2, 0) is 4.79 Å². The van der Waals surface area contributed by atoms with Crippen molar-refractivity contribution in [2.75, 3.05) is 19.5 Å². The third kappa shape index (κ3) is 5.74. The second-order valence-electron chi connectivity index (χ2n) is 7.99. The summed E-state index contributed by atoms with van der Waals surface area (Å²) < 4.78 is 11.2. The fourth-order valence-electron chi connectivity index (χ4n) is 3.90. The van der Waals surface area contributed by atoms with Crippen LogP contribution in [-0.4, -0.2) is 35.3 Å². The molecule has 0 fully saturated rings. The minimum Gasteiger partial charge on any atom is -0.493 e. The summed E-state index contributed by atoms with van der Waals surface area (Å²) in [6.07, 6.45) is 3.79. The van der Waals surface area contributed by atoms with Gasteiger partial charge < -0.3 is 14.8 Å². The molecule has 0 bridgehead atoms. The van der Waals surface area contributed by atoms with Crippen molar-refractivity contribution in [3.63, 3.8) is 0 Å². The lowest BCUT2D eigenvalue weighted by Gasteiger charge is -2.19. The van der Waals surface area contributed by atoms with Crippen molar-refractivity contribution < 1.29 is 14.3 Å². The molecule has 1 N–H and O–H groups in total. The fraction of sp³-hybridized carbons (Fsp3) is 0.172. The number of hydrogen-bond acceptors (Lipinski definition) is 7. The van der Waals surface area contributed by atoms with E-state index < -0.39 is 5.25 Å². The van der Waals surface area contributed by atoms with Gasteiger partial charge in [-0.3, -0.25) is 9.78 Å². The zero-order chi connectivity index (χ0) is 26.2. The van der Waals surface area contributed by atoms with Crippen molar-refractivity contribution in [3.8, 4) is 40.0 Å². The summed E-state index contributed by atoms with van der Waals surface area (Å²) in [5.74, 6) is 0.902. The van der Waals surface area contributed by atoms with Crippen molar-refractivity contribution in [1.82, 2.24) is 9.97 Å². The molecule has 0 aliphatic heterocycles. The van der Waals surface area contributed by atoms with Gasteiger partial charge in [-0.1, -0.05) is 61.2 Å². The van der Waals surface area contributed by atoms with E-state index >= 15 is 0 Å². The number of hydrogen-bond donors (Lipinski definition) is 1. The second-order valence-corrected chi connectivity index (χ2v) is 9.19. The molecular weight excluding hydrogens is 484 g/mol. The zero-order valence-corrected chi connectivity index (χ0v) is 21.6. The summed E-state index contributed by atoms with van der Waals surface area (Å²) in [6.45, 7) is 1.93. The Bertz CT molecular complexity index is 1420. The summed E-state index contributed by atoms with van der Waals surface area (Å²) in [6, 6.07) is 22.9. The van der Waals surface area contributed by atoms with Gasteiger partial charge in [-0.15, -0.1) is 0 Å². The normalized spacial score (nSPS) is 11.3. The van der Waals surface area contributed by atoms with Crippen LogP contribution >= 0.6 is 11.8 Å². The summed E-state index contributed by atoms with van der Waals surface area (Å²) in [7, 11) is 3.14. The Labute approximate surface area is 220 Å². The van der Waals surface area contributed by atoms with Crippen LogP contribution in [0.1, 0.15) is 18.9 Å². The molecule has 0 spiro atoms. The predicted octanol–water partition coefficient (Wildman–Crippen LogP) is 6.21. The molecule has 8 heteroatoms. The Kier molecular flexibility index (Phi) is 8.39. The number of aromatic nitrogens is 2. The maximum Gasteiger partial charge on any atom is 0.237 e. The van der Waals surface area contributed by atoms with E-state index in [0.717, 1.165) is 5.56 Å². The van der Waals surface area contributed by atoms with Crippen LogP contribution in [0.25, 0.3) is 22.4 Å². The first-order chi connectivity index (χ1) is 18.1. The number of para-hydroxylation sites is 1. The van der Waals surface area contributed by atoms with Gasteiger partial charge in [-0.05, 0) is 30.7 Å². The van der Waals surface area contributed by atoms with Crippen LogP contribution < -0.4 is 14.8 Å². The van der Waals surface area contributed by atoms with Crippen LogP contribution in [0.4, 0.5) is 5.69 Å². The molecule has 0 aliphatic rings. The van der Waals surface area contributed by atoms with Crippen molar-refractivity contribution >= 4 is 23.4 Å². The Morgan fingerprint density at radius 2 is 1.78 bits per heavy atom. The standard InChI is InChI=1S/C29H26N4O3S/c1-4-26(28(34)32-20-13-15-31-16-14-20)37-29-23(18-30)22(17-24(33-29)19-9-6-5-7-10-19)21-11-8-12-25(35-2)27(21)36-3/h5-17,26H,4H2,1-3H3,(H,31,32,34). The summed E-state index contributed by atoms with van der Waals surface area (Å²) in [5, 5.41) is 13.2. The molecular formula is C29H26N4O3S. The minimum atomic E-state index is -0.473. The van der Waals surface area contributed by atoms with E-state index in [0.29, 0.717) is 51.0 Å². The molecule has 2 aromatic carbocycles. The highest BCUT2D eigenvalue weighted by Gasteiger charge is 2.25. The van der Waals surface area contributed by atoms with Crippen molar-refractivity contribution in [2.45, 2.75) is 23.6 Å². The van der Waals surface area contributed by atoms with Gasteiger partial charge in [0.1, 0.15) is 11.1 Å². The first-order valence-corrected chi connectivity index (χ1v) is 12.6. The van der Waals surface area contributed by atoms with E-state index in [9.17, 15) is 10.1 Å². The van der Waals surface area contributed by atoms with Crippen LogP contribution in [0.15, 0.2) is 84.1 Å². The van der Waals surface area contributed by atoms with Gasteiger partial charge in [0, 0.05) is 34.8 Å². The maximum atomic E-state index is 13.1. The van der Waals surface area contributed by atoms with E-state index in [1.807, 2.05) is 55.5 Å². The zero-order valence-electron chi connectivity index (χ0n) is 20.8. The van der Waals surface area contributed by atoms with Crippen LogP contribution in [0, 0.1) is 11.3 Å². The molecule has 2 aromatic heterocycles. The molecule has 1 amide bonds. The van der Waals surface area contributed by atoms with Gasteiger partial charge in [-0.2, -0.15) is 5.26 Å².